The maximum absolute atomic E-state index is 12.6. The van der Waals surface area contributed by atoms with Crippen LogP contribution < -0.4 is 0 Å². The van der Waals surface area contributed by atoms with E-state index < -0.39 is 11.0 Å². The van der Waals surface area contributed by atoms with Crippen LogP contribution in [0.1, 0.15) is 74.5 Å². The highest BCUT2D eigenvalue weighted by Gasteiger charge is 2.64. The van der Waals surface area contributed by atoms with Gasteiger partial charge in [-0.3, -0.25) is 4.79 Å². The fourth-order valence-corrected chi connectivity index (χ4v) is 9.09. The van der Waals surface area contributed by atoms with Crippen molar-refractivity contribution in [2.75, 3.05) is 6.61 Å². The van der Waals surface area contributed by atoms with Crippen LogP contribution in [0.15, 0.2) is 65.3 Å². The summed E-state index contributed by atoms with van der Waals surface area (Å²) in [6.45, 7) is 1.98. The molecule has 5 aliphatic carbocycles. The molecule has 4 nitrogen and oxygen atoms in total. The molecule has 0 aliphatic heterocycles. The first-order valence-corrected chi connectivity index (χ1v) is 14.3. The second-order valence-electron chi connectivity index (χ2n) is 12.5. The Morgan fingerprint density at radius 3 is 2.62 bits per heavy atom. The van der Waals surface area contributed by atoms with Crippen LogP contribution in [-0.4, -0.2) is 28.2 Å². The quantitative estimate of drug-likeness (QED) is 0.373. The van der Waals surface area contributed by atoms with Crippen molar-refractivity contribution in [1.82, 2.24) is 0 Å². The van der Waals surface area contributed by atoms with Crippen molar-refractivity contribution in [2.24, 2.45) is 16.7 Å². The summed E-state index contributed by atoms with van der Waals surface area (Å²) in [5, 5.41) is 30.6. The minimum absolute atomic E-state index is 0.110. The number of hydrogen-bond acceptors (Lipinski definition) is 4. The highest BCUT2D eigenvalue weighted by Crippen LogP contribution is 2.70. The van der Waals surface area contributed by atoms with Gasteiger partial charge in [0, 0.05) is 23.2 Å². The standard InChI is InChI=1S/C35H33NO3/c1-33-20-30-28-9-7-24(23-5-3-22(21-36)4-6-23)17-25(28)19-34-14-11-27(38)18-26(34)8-10-29(32(30)34)31(33)12-15-35(33,39)13-2-16-37/h3-7,9,17-18,30-31,37,39H,8,10-12,14-16,19-20H2,1H3/t30?,31-,33-,34+,35-/m0/s1. The van der Waals surface area contributed by atoms with Gasteiger partial charge in [0.25, 0.3) is 0 Å². The number of ketones is 1. The molecule has 2 N–H and O–H groups in total. The molecule has 0 aromatic heterocycles. The number of carbonyl (C=O) groups is 1. The van der Waals surface area contributed by atoms with E-state index in [1.807, 2.05) is 30.3 Å². The zero-order valence-corrected chi connectivity index (χ0v) is 22.4. The third kappa shape index (κ3) is 3.35. The molecule has 0 bridgehead atoms. The summed E-state index contributed by atoms with van der Waals surface area (Å²) in [7, 11) is 0. The molecule has 7 rings (SSSR count). The van der Waals surface area contributed by atoms with Crippen molar-refractivity contribution in [3.05, 3.63) is 82.0 Å². The monoisotopic (exact) mass is 515 g/mol. The van der Waals surface area contributed by atoms with E-state index in [0.717, 1.165) is 49.7 Å². The van der Waals surface area contributed by atoms with Gasteiger partial charge in [-0.2, -0.15) is 5.26 Å². The van der Waals surface area contributed by atoms with Crippen molar-refractivity contribution in [2.45, 2.75) is 69.8 Å². The number of fused-ring (bicyclic) bond motifs is 4. The van der Waals surface area contributed by atoms with Crippen LogP contribution in [0.5, 0.6) is 0 Å². The van der Waals surface area contributed by atoms with Crippen molar-refractivity contribution in [3.8, 4) is 29.0 Å². The molecule has 39 heavy (non-hydrogen) atoms. The molecule has 196 valence electrons. The lowest BCUT2D eigenvalue weighted by Gasteiger charge is -2.58. The zero-order valence-electron chi connectivity index (χ0n) is 22.4. The molecule has 1 unspecified atom stereocenters. The summed E-state index contributed by atoms with van der Waals surface area (Å²) in [6, 6.07) is 16.8. The summed E-state index contributed by atoms with van der Waals surface area (Å²) in [5.74, 6) is 6.59. The zero-order chi connectivity index (χ0) is 27.0. The number of nitriles is 1. The van der Waals surface area contributed by atoms with E-state index in [2.05, 4.69) is 43.0 Å². The van der Waals surface area contributed by atoms with Gasteiger partial charge in [0.15, 0.2) is 5.78 Å². The molecule has 1 saturated carbocycles. The molecule has 2 aromatic rings. The third-order valence-corrected chi connectivity index (χ3v) is 10.9. The summed E-state index contributed by atoms with van der Waals surface area (Å²) >= 11 is 0. The fourth-order valence-electron chi connectivity index (χ4n) is 9.09. The van der Waals surface area contributed by atoms with Crippen molar-refractivity contribution in [3.63, 3.8) is 0 Å². The van der Waals surface area contributed by atoms with E-state index in [4.69, 9.17) is 0 Å². The first-order valence-electron chi connectivity index (χ1n) is 14.3. The van der Waals surface area contributed by atoms with Crippen LogP contribution in [0.4, 0.5) is 0 Å². The molecule has 4 heteroatoms. The van der Waals surface area contributed by atoms with Crippen molar-refractivity contribution in [1.29, 1.82) is 5.26 Å². The van der Waals surface area contributed by atoms with Crippen LogP contribution >= 0.6 is 0 Å². The fraction of sp³-hybridized carbons (Fsp3) is 0.429. The Bertz CT molecular complexity index is 1580. The average Bonchev–Trinajstić information content (AvgIpc) is 3.22. The lowest BCUT2D eigenvalue weighted by atomic mass is 9.45. The Morgan fingerprint density at radius 1 is 1.05 bits per heavy atom. The molecule has 1 spiro atoms. The Labute approximate surface area is 230 Å². The highest BCUT2D eigenvalue weighted by molar-refractivity contribution is 5.92. The van der Waals surface area contributed by atoms with Crippen molar-refractivity contribution >= 4 is 5.78 Å². The second kappa shape index (κ2) is 8.53. The van der Waals surface area contributed by atoms with Gasteiger partial charge in [-0.15, -0.1) is 0 Å². The predicted octanol–water partition coefficient (Wildman–Crippen LogP) is 5.78. The largest absolute Gasteiger partial charge is 0.384 e. The first-order chi connectivity index (χ1) is 18.8. The summed E-state index contributed by atoms with van der Waals surface area (Å²) in [4.78, 5) is 12.6. The molecule has 0 saturated heterocycles. The number of allylic oxidation sites excluding steroid dienone is 4. The van der Waals surface area contributed by atoms with Gasteiger partial charge in [0.1, 0.15) is 12.2 Å². The van der Waals surface area contributed by atoms with Gasteiger partial charge in [0.05, 0.1) is 11.6 Å². The Hall–Kier alpha value is -3.44. The van der Waals surface area contributed by atoms with Crippen LogP contribution in [0.2, 0.25) is 0 Å². The highest BCUT2D eigenvalue weighted by atomic mass is 16.3. The van der Waals surface area contributed by atoms with E-state index in [-0.39, 0.29) is 29.6 Å². The Balaban J connectivity index is 1.42. The molecule has 0 heterocycles. The number of nitrogens with zero attached hydrogens (tertiary/aromatic N) is 1. The number of rotatable bonds is 1. The lowest BCUT2D eigenvalue weighted by molar-refractivity contribution is -0.115. The first kappa shape index (κ1) is 24.6. The molecule has 2 aromatic carbocycles. The SMILES string of the molecule is C[C@]12CC3C4=C(CCC5=CC(=O)CC[C@@]54Cc4cc(-c5ccc(C#N)cc5)ccc43)[C@@H]1CC[C@@]2(O)C#CCO. The molecule has 5 aliphatic rings. The van der Waals surface area contributed by atoms with Crippen LogP contribution in [0, 0.1) is 39.9 Å². The number of hydrogen-bond donors (Lipinski definition) is 2. The van der Waals surface area contributed by atoms with Gasteiger partial charge in [-0.05, 0) is 91.3 Å². The van der Waals surface area contributed by atoms with Gasteiger partial charge in [-0.1, -0.05) is 65.8 Å². The van der Waals surface area contributed by atoms with E-state index in [9.17, 15) is 20.3 Å². The third-order valence-electron chi connectivity index (χ3n) is 10.9. The number of aliphatic hydroxyl groups is 2. The maximum atomic E-state index is 12.6. The maximum Gasteiger partial charge on any atom is 0.155 e. The van der Waals surface area contributed by atoms with Gasteiger partial charge in [0.2, 0.25) is 0 Å². The molecule has 5 atom stereocenters. The Kier molecular flexibility index (Phi) is 5.38. The Morgan fingerprint density at radius 2 is 1.85 bits per heavy atom. The minimum Gasteiger partial charge on any atom is -0.384 e. The van der Waals surface area contributed by atoms with Crippen molar-refractivity contribution < 1.29 is 15.0 Å². The molecular weight excluding hydrogens is 482 g/mol. The van der Waals surface area contributed by atoms with Crippen LogP contribution in [0.25, 0.3) is 11.1 Å². The van der Waals surface area contributed by atoms with Gasteiger partial charge < -0.3 is 10.2 Å². The summed E-state index contributed by atoms with van der Waals surface area (Å²) < 4.78 is 0. The van der Waals surface area contributed by atoms with Gasteiger partial charge in [-0.25, -0.2) is 0 Å². The number of carbonyl (C=O) groups excluding carboxylic acids is 1. The average molecular weight is 516 g/mol. The number of aliphatic hydroxyl groups excluding tert-OH is 1. The van der Waals surface area contributed by atoms with E-state index in [0.29, 0.717) is 18.4 Å². The predicted molar refractivity (Wildman–Crippen MR) is 149 cm³/mol. The van der Waals surface area contributed by atoms with E-state index in [1.165, 1.54) is 22.3 Å². The molecular formula is C35H33NO3. The van der Waals surface area contributed by atoms with E-state index in [1.54, 1.807) is 5.57 Å². The smallest absolute Gasteiger partial charge is 0.155 e. The number of benzene rings is 2. The topological polar surface area (TPSA) is 81.3 Å². The molecule has 0 amide bonds. The lowest BCUT2D eigenvalue weighted by Crippen LogP contribution is -2.52. The van der Waals surface area contributed by atoms with Crippen LogP contribution in [0.3, 0.4) is 0 Å². The van der Waals surface area contributed by atoms with E-state index >= 15 is 0 Å². The minimum atomic E-state index is -1.12. The molecule has 1 fully saturated rings. The normalized spacial score (nSPS) is 34.0. The summed E-state index contributed by atoms with van der Waals surface area (Å²) in [5.41, 5.74) is 8.31. The summed E-state index contributed by atoms with van der Waals surface area (Å²) in [6.07, 6.45) is 8.56. The molecule has 0 radical (unpaired) electrons. The van der Waals surface area contributed by atoms with Gasteiger partial charge >= 0.3 is 0 Å². The van der Waals surface area contributed by atoms with Crippen LogP contribution in [-0.2, 0) is 11.2 Å². The second-order valence-corrected chi connectivity index (χ2v) is 12.5.